The molecule has 3 aliphatic rings. The number of nitrogens with one attached hydrogen (secondary N) is 1. The maximum atomic E-state index is 5.99. The largest absolute Gasteiger partial charge is 0.376 e. The lowest BCUT2D eigenvalue weighted by Gasteiger charge is -2.40. The van der Waals surface area contributed by atoms with Gasteiger partial charge >= 0.3 is 0 Å². The molecule has 3 rings (SSSR count). The lowest BCUT2D eigenvalue weighted by molar-refractivity contribution is 0.0696. The van der Waals surface area contributed by atoms with Gasteiger partial charge in [-0.05, 0) is 55.8 Å². The molecule has 0 spiro atoms. The average Bonchev–Trinajstić information content (AvgIpc) is 3.10. The van der Waals surface area contributed by atoms with Gasteiger partial charge in [-0.2, -0.15) is 0 Å². The van der Waals surface area contributed by atoms with Crippen LogP contribution in [0.25, 0.3) is 0 Å². The van der Waals surface area contributed by atoms with E-state index in [4.69, 9.17) is 4.74 Å². The standard InChI is InChI=1S/C17H31NO/c1-11(2)14-7-4-12(3)10-16(14)18-15-8-9-19-17(15)13-5-6-13/h11-18H,4-10H2,1-3H3. The second-order valence-electron chi connectivity index (χ2n) is 7.67. The second-order valence-corrected chi connectivity index (χ2v) is 7.67. The van der Waals surface area contributed by atoms with Crippen molar-refractivity contribution in [2.75, 3.05) is 6.61 Å². The summed E-state index contributed by atoms with van der Waals surface area (Å²) in [5.41, 5.74) is 0. The molecular formula is C17H31NO. The van der Waals surface area contributed by atoms with Crippen LogP contribution >= 0.6 is 0 Å². The minimum absolute atomic E-state index is 0.532. The first kappa shape index (κ1) is 13.9. The molecule has 0 radical (unpaired) electrons. The molecule has 3 fully saturated rings. The number of hydrogen-bond donors (Lipinski definition) is 1. The number of hydrogen-bond acceptors (Lipinski definition) is 2. The Balaban J connectivity index is 1.62. The summed E-state index contributed by atoms with van der Waals surface area (Å²) < 4.78 is 5.99. The molecule has 0 bridgehead atoms. The van der Waals surface area contributed by atoms with Crippen molar-refractivity contribution in [2.24, 2.45) is 23.7 Å². The van der Waals surface area contributed by atoms with Crippen LogP contribution < -0.4 is 5.32 Å². The summed E-state index contributed by atoms with van der Waals surface area (Å²) in [4.78, 5) is 0. The molecule has 0 aromatic heterocycles. The topological polar surface area (TPSA) is 21.3 Å². The van der Waals surface area contributed by atoms with Gasteiger partial charge in [-0.15, -0.1) is 0 Å². The summed E-state index contributed by atoms with van der Waals surface area (Å²) in [6.45, 7) is 8.21. The van der Waals surface area contributed by atoms with Crippen molar-refractivity contribution in [2.45, 2.75) is 77.5 Å². The van der Waals surface area contributed by atoms with Gasteiger partial charge in [0.25, 0.3) is 0 Å². The molecule has 1 N–H and O–H groups in total. The van der Waals surface area contributed by atoms with Gasteiger partial charge in [0.2, 0.25) is 0 Å². The van der Waals surface area contributed by atoms with Crippen molar-refractivity contribution in [1.82, 2.24) is 5.32 Å². The van der Waals surface area contributed by atoms with Gasteiger partial charge in [-0.1, -0.05) is 27.2 Å². The molecule has 0 aromatic rings. The van der Waals surface area contributed by atoms with E-state index < -0.39 is 0 Å². The van der Waals surface area contributed by atoms with Gasteiger partial charge in [0.15, 0.2) is 0 Å². The van der Waals surface area contributed by atoms with Crippen molar-refractivity contribution in [3.63, 3.8) is 0 Å². The van der Waals surface area contributed by atoms with Crippen LogP contribution in [-0.4, -0.2) is 24.8 Å². The van der Waals surface area contributed by atoms with Crippen molar-refractivity contribution in [3.8, 4) is 0 Å². The molecule has 110 valence electrons. The van der Waals surface area contributed by atoms with E-state index in [1.165, 1.54) is 38.5 Å². The van der Waals surface area contributed by atoms with E-state index in [0.29, 0.717) is 12.1 Å². The van der Waals surface area contributed by atoms with Gasteiger partial charge < -0.3 is 10.1 Å². The summed E-state index contributed by atoms with van der Waals surface area (Å²) in [6.07, 6.45) is 8.78. The zero-order chi connectivity index (χ0) is 13.4. The molecule has 1 saturated heterocycles. The van der Waals surface area contributed by atoms with Gasteiger partial charge in [0.05, 0.1) is 6.10 Å². The Labute approximate surface area is 118 Å². The van der Waals surface area contributed by atoms with Crippen molar-refractivity contribution < 1.29 is 4.74 Å². The number of rotatable bonds is 4. The van der Waals surface area contributed by atoms with Crippen LogP contribution in [0, 0.1) is 23.7 Å². The highest BCUT2D eigenvalue weighted by Gasteiger charge is 2.42. The molecule has 0 aromatic carbocycles. The summed E-state index contributed by atoms with van der Waals surface area (Å²) in [7, 11) is 0. The zero-order valence-electron chi connectivity index (χ0n) is 12.9. The normalized spacial score (nSPS) is 43.9. The molecule has 2 aliphatic carbocycles. The Morgan fingerprint density at radius 1 is 1.00 bits per heavy atom. The lowest BCUT2D eigenvalue weighted by Crippen LogP contribution is -2.50. The van der Waals surface area contributed by atoms with Crippen LogP contribution in [-0.2, 0) is 4.74 Å². The van der Waals surface area contributed by atoms with Gasteiger partial charge in [-0.25, -0.2) is 0 Å². The monoisotopic (exact) mass is 265 g/mol. The van der Waals surface area contributed by atoms with Crippen molar-refractivity contribution in [3.05, 3.63) is 0 Å². The van der Waals surface area contributed by atoms with Gasteiger partial charge in [0, 0.05) is 18.7 Å². The summed E-state index contributed by atoms with van der Waals surface area (Å²) >= 11 is 0. The van der Waals surface area contributed by atoms with Crippen LogP contribution in [0.3, 0.4) is 0 Å². The maximum Gasteiger partial charge on any atom is 0.0757 e. The molecule has 1 aliphatic heterocycles. The highest BCUT2D eigenvalue weighted by atomic mass is 16.5. The van der Waals surface area contributed by atoms with E-state index >= 15 is 0 Å². The lowest BCUT2D eigenvalue weighted by atomic mass is 9.73. The molecular weight excluding hydrogens is 234 g/mol. The first-order chi connectivity index (χ1) is 9.15. The van der Waals surface area contributed by atoms with E-state index in [0.717, 1.165) is 36.3 Å². The minimum atomic E-state index is 0.532. The molecule has 1 heterocycles. The fourth-order valence-electron chi connectivity index (χ4n) is 4.35. The highest BCUT2D eigenvalue weighted by Crippen LogP contribution is 2.40. The fraction of sp³-hybridized carbons (Fsp3) is 1.00. The first-order valence-corrected chi connectivity index (χ1v) is 8.52. The van der Waals surface area contributed by atoms with Crippen molar-refractivity contribution in [1.29, 1.82) is 0 Å². The summed E-state index contributed by atoms with van der Waals surface area (Å²) in [5, 5.41) is 4.03. The second kappa shape index (κ2) is 5.73. The average molecular weight is 265 g/mol. The molecule has 19 heavy (non-hydrogen) atoms. The number of ether oxygens (including phenoxy) is 1. The predicted octanol–water partition coefficient (Wildman–Crippen LogP) is 3.60. The highest BCUT2D eigenvalue weighted by molar-refractivity contribution is 4.97. The van der Waals surface area contributed by atoms with E-state index in [2.05, 4.69) is 26.1 Å². The third kappa shape index (κ3) is 3.16. The smallest absolute Gasteiger partial charge is 0.0757 e. The Hall–Kier alpha value is -0.0800. The van der Waals surface area contributed by atoms with E-state index in [1.807, 2.05) is 0 Å². The predicted molar refractivity (Wildman–Crippen MR) is 79.1 cm³/mol. The zero-order valence-corrected chi connectivity index (χ0v) is 12.9. The molecule has 2 heteroatoms. The van der Waals surface area contributed by atoms with Crippen LogP contribution in [0.2, 0.25) is 0 Å². The van der Waals surface area contributed by atoms with Crippen molar-refractivity contribution >= 4 is 0 Å². The Kier molecular flexibility index (Phi) is 4.19. The van der Waals surface area contributed by atoms with Gasteiger partial charge in [0.1, 0.15) is 0 Å². The quantitative estimate of drug-likeness (QED) is 0.838. The van der Waals surface area contributed by atoms with E-state index in [1.54, 1.807) is 0 Å². The Morgan fingerprint density at radius 3 is 2.47 bits per heavy atom. The SMILES string of the molecule is CC1CCC(C(C)C)C(NC2CCOC2C2CC2)C1. The van der Waals surface area contributed by atoms with Crippen LogP contribution in [0.5, 0.6) is 0 Å². The van der Waals surface area contributed by atoms with E-state index in [9.17, 15) is 0 Å². The van der Waals surface area contributed by atoms with Crippen LogP contribution in [0.15, 0.2) is 0 Å². The third-order valence-corrected chi connectivity index (χ3v) is 5.67. The van der Waals surface area contributed by atoms with Gasteiger partial charge in [-0.3, -0.25) is 0 Å². The maximum absolute atomic E-state index is 5.99. The molecule has 0 amide bonds. The molecule has 2 saturated carbocycles. The third-order valence-electron chi connectivity index (χ3n) is 5.67. The molecule has 5 atom stereocenters. The fourth-order valence-corrected chi connectivity index (χ4v) is 4.35. The van der Waals surface area contributed by atoms with Crippen LogP contribution in [0.1, 0.15) is 59.3 Å². The van der Waals surface area contributed by atoms with Crippen LogP contribution in [0.4, 0.5) is 0 Å². The molecule has 2 nitrogen and oxygen atoms in total. The summed E-state index contributed by atoms with van der Waals surface area (Å²) in [6, 6.07) is 1.38. The Morgan fingerprint density at radius 2 is 1.79 bits per heavy atom. The van der Waals surface area contributed by atoms with E-state index in [-0.39, 0.29) is 0 Å². The Bertz CT molecular complexity index is 300. The molecule has 5 unspecified atom stereocenters. The minimum Gasteiger partial charge on any atom is -0.376 e. The first-order valence-electron chi connectivity index (χ1n) is 8.52. The summed E-state index contributed by atoms with van der Waals surface area (Å²) in [5.74, 6) is 3.45.